The minimum atomic E-state index is -0.924. The fourth-order valence-electron chi connectivity index (χ4n) is 3.47. The summed E-state index contributed by atoms with van der Waals surface area (Å²) in [6, 6.07) is 8.46. The molecule has 21 heavy (non-hydrogen) atoms. The molecule has 0 radical (unpaired) electrons. The van der Waals surface area contributed by atoms with Crippen LogP contribution in [0.1, 0.15) is 52.0 Å². The van der Waals surface area contributed by atoms with Crippen LogP contribution in [0.4, 0.5) is 0 Å². The molecule has 118 valence electrons. The van der Waals surface area contributed by atoms with Gasteiger partial charge in [-0.15, -0.1) is 0 Å². The SMILES string of the molecule is CCCNC1C(S(=O)c2ccccc2C)CCCC1(C)C. The van der Waals surface area contributed by atoms with Crippen molar-refractivity contribution in [3.63, 3.8) is 0 Å². The van der Waals surface area contributed by atoms with E-state index in [1.165, 1.54) is 12.8 Å². The van der Waals surface area contributed by atoms with Crippen molar-refractivity contribution in [2.24, 2.45) is 5.41 Å². The first-order chi connectivity index (χ1) is 9.97. The van der Waals surface area contributed by atoms with Crippen LogP contribution < -0.4 is 5.32 Å². The van der Waals surface area contributed by atoms with Crippen molar-refractivity contribution in [1.29, 1.82) is 0 Å². The average molecular weight is 308 g/mol. The van der Waals surface area contributed by atoms with E-state index in [2.05, 4.69) is 39.1 Å². The van der Waals surface area contributed by atoms with E-state index in [-0.39, 0.29) is 10.7 Å². The normalized spacial score (nSPS) is 26.5. The fourth-order valence-corrected chi connectivity index (χ4v) is 5.48. The second-order valence-electron chi connectivity index (χ2n) is 6.91. The fraction of sp³-hybridized carbons (Fsp3) is 0.667. The Bertz CT molecular complexity index is 498. The third-order valence-corrected chi connectivity index (χ3v) is 6.67. The van der Waals surface area contributed by atoms with E-state index in [0.29, 0.717) is 6.04 Å². The van der Waals surface area contributed by atoms with Crippen molar-refractivity contribution in [2.75, 3.05) is 6.54 Å². The highest BCUT2D eigenvalue weighted by Gasteiger charge is 2.41. The molecule has 0 aromatic heterocycles. The van der Waals surface area contributed by atoms with Gasteiger partial charge in [0.15, 0.2) is 0 Å². The summed E-state index contributed by atoms with van der Waals surface area (Å²) in [5.41, 5.74) is 1.37. The second-order valence-corrected chi connectivity index (χ2v) is 8.55. The highest BCUT2D eigenvalue weighted by molar-refractivity contribution is 7.85. The van der Waals surface area contributed by atoms with E-state index in [4.69, 9.17) is 0 Å². The second kappa shape index (κ2) is 7.06. The molecule has 0 saturated heterocycles. The zero-order valence-corrected chi connectivity index (χ0v) is 14.6. The Hall–Kier alpha value is -0.670. The van der Waals surface area contributed by atoms with Crippen LogP contribution in [-0.2, 0) is 10.8 Å². The topological polar surface area (TPSA) is 29.1 Å². The molecule has 1 aromatic carbocycles. The summed E-state index contributed by atoms with van der Waals surface area (Å²) in [5, 5.41) is 3.91. The van der Waals surface area contributed by atoms with Crippen molar-refractivity contribution < 1.29 is 4.21 Å². The summed E-state index contributed by atoms with van der Waals surface area (Å²) in [6.45, 7) is 9.91. The molecular weight excluding hydrogens is 278 g/mol. The van der Waals surface area contributed by atoms with Crippen LogP contribution in [-0.4, -0.2) is 22.0 Å². The predicted octanol–water partition coefficient (Wildman–Crippen LogP) is 4.05. The zero-order chi connectivity index (χ0) is 15.5. The van der Waals surface area contributed by atoms with Gasteiger partial charge in [0.25, 0.3) is 0 Å². The molecule has 0 amide bonds. The van der Waals surface area contributed by atoms with E-state index >= 15 is 0 Å². The lowest BCUT2D eigenvalue weighted by Gasteiger charge is -2.44. The number of rotatable bonds is 5. The van der Waals surface area contributed by atoms with Gasteiger partial charge in [-0.2, -0.15) is 0 Å². The molecule has 1 aliphatic rings. The molecular formula is C18H29NOS. The standard InChI is InChI=1S/C18H29NOS/c1-5-13-19-17-16(11-8-12-18(17,3)4)21(20)15-10-7-6-9-14(15)2/h6-7,9-10,16-17,19H,5,8,11-13H2,1-4H3. The molecule has 1 fully saturated rings. The van der Waals surface area contributed by atoms with Crippen LogP contribution in [0.5, 0.6) is 0 Å². The van der Waals surface area contributed by atoms with Gasteiger partial charge in [0.1, 0.15) is 0 Å². The van der Waals surface area contributed by atoms with Crippen molar-refractivity contribution >= 4 is 10.8 Å². The van der Waals surface area contributed by atoms with Crippen LogP contribution >= 0.6 is 0 Å². The summed E-state index contributed by atoms with van der Waals surface area (Å²) in [5.74, 6) is 0. The van der Waals surface area contributed by atoms with E-state index in [1.807, 2.05) is 18.2 Å². The average Bonchev–Trinajstić information content (AvgIpc) is 2.45. The molecule has 0 heterocycles. The van der Waals surface area contributed by atoms with Gasteiger partial charge in [0.05, 0.1) is 16.0 Å². The third kappa shape index (κ3) is 3.75. The van der Waals surface area contributed by atoms with E-state index in [0.717, 1.165) is 29.8 Å². The van der Waals surface area contributed by atoms with Gasteiger partial charge in [-0.3, -0.25) is 4.21 Å². The number of nitrogens with one attached hydrogen (secondary N) is 1. The van der Waals surface area contributed by atoms with Crippen molar-refractivity contribution in [3.8, 4) is 0 Å². The lowest BCUT2D eigenvalue weighted by Crippen LogP contribution is -2.54. The van der Waals surface area contributed by atoms with Crippen LogP contribution in [0.2, 0.25) is 0 Å². The first-order valence-corrected chi connectivity index (χ1v) is 9.38. The highest BCUT2D eigenvalue weighted by Crippen LogP contribution is 2.39. The maximum atomic E-state index is 13.2. The highest BCUT2D eigenvalue weighted by atomic mass is 32.2. The lowest BCUT2D eigenvalue weighted by molar-refractivity contribution is 0.173. The summed E-state index contributed by atoms with van der Waals surface area (Å²) in [4.78, 5) is 1.02. The van der Waals surface area contributed by atoms with Crippen molar-refractivity contribution in [1.82, 2.24) is 5.32 Å². The Kier molecular flexibility index (Phi) is 5.61. The maximum Gasteiger partial charge on any atom is 0.0579 e. The van der Waals surface area contributed by atoms with Gasteiger partial charge in [-0.1, -0.05) is 45.4 Å². The van der Waals surface area contributed by atoms with E-state index in [9.17, 15) is 4.21 Å². The van der Waals surface area contributed by atoms with Gasteiger partial charge >= 0.3 is 0 Å². The quantitative estimate of drug-likeness (QED) is 0.889. The zero-order valence-electron chi connectivity index (χ0n) is 13.8. The molecule has 1 N–H and O–H groups in total. The molecule has 0 aliphatic heterocycles. The monoisotopic (exact) mass is 307 g/mol. The molecule has 2 nitrogen and oxygen atoms in total. The molecule has 3 unspecified atom stereocenters. The molecule has 0 bridgehead atoms. The van der Waals surface area contributed by atoms with Gasteiger partial charge in [0, 0.05) is 10.9 Å². The van der Waals surface area contributed by atoms with Gasteiger partial charge in [-0.05, 0) is 49.8 Å². The maximum absolute atomic E-state index is 13.2. The van der Waals surface area contributed by atoms with Crippen molar-refractivity contribution in [2.45, 2.75) is 69.6 Å². The molecule has 1 aromatic rings. The van der Waals surface area contributed by atoms with E-state index < -0.39 is 10.8 Å². The number of hydrogen-bond acceptors (Lipinski definition) is 2. The number of aryl methyl sites for hydroxylation is 1. The summed E-state index contributed by atoms with van der Waals surface area (Å²) in [6.07, 6.45) is 4.58. The Morgan fingerprint density at radius 1 is 1.33 bits per heavy atom. The van der Waals surface area contributed by atoms with Gasteiger partial charge in [0.2, 0.25) is 0 Å². The summed E-state index contributed by atoms with van der Waals surface area (Å²) < 4.78 is 13.2. The predicted molar refractivity (Wildman–Crippen MR) is 91.1 cm³/mol. The Labute approximate surface area is 132 Å². The summed E-state index contributed by atoms with van der Waals surface area (Å²) >= 11 is 0. The Balaban J connectivity index is 2.26. The summed E-state index contributed by atoms with van der Waals surface area (Å²) in [7, 11) is -0.924. The van der Waals surface area contributed by atoms with Crippen molar-refractivity contribution in [3.05, 3.63) is 29.8 Å². The van der Waals surface area contributed by atoms with Gasteiger partial charge < -0.3 is 5.32 Å². The molecule has 3 atom stereocenters. The number of hydrogen-bond donors (Lipinski definition) is 1. The van der Waals surface area contributed by atoms with Crippen LogP contribution in [0, 0.1) is 12.3 Å². The van der Waals surface area contributed by atoms with E-state index in [1.54, 1.807) is 0 Å². The molecule has 3 heteroatoms. The lowest BCUT2D eigenvalue weighted by atomic mass is 9.73. The Morgan fingerprint density at radius 3 is 2.71 bits per heavy atom. The molecule has 1 saturated carbocycles. The first-order valence-electron chi connectivity index (χ1n) is 8.17. The minimum absolute atomic E-state index is 0.219. The molecule has 2 rings (SSSR count). The van der Waals surface area contributed by atoms with Crippen LogP contribution in [0.15, 0.2) is 29.2 Å². The van der Waals surface area contributed by atoms with Crippen LogP contribution in [0.25, 0.3) is 0 Å². The molecule has 0 spiro atoms. The number of benzene rings is 1. The minimum Gasteiger partial charge on any atom is -0.312 e. The largest absolute Gasteiger partial charge is 0.312 e. The first kappa shape index (κ1) is 16.7. The Morgan fingerprint density at radius 2 is 2.05 bits per heavy atom. The third-order valence-electron chi connectivity index (χ3n) is 4.72. The smallest absolute Gasteiger partial charge is 0.0579 e. The molecule has 1 aliphatic carbocycles. The van der Waals surface area contributed by atoms with Gasteiger partial charge in [-0.25, -0.2) is 0 Å². The van der Waals surface area contributed by atoms with Crippen LogP contribution in [0.3, 0.4) is 0 Å².